The highest BCUT2D eigenvalue weighted by atomic mass is 32.2. The molecular formula is C18H23N3OS. The predicted octanol–water partition coefficient (Wildman–Crippen LogP) is 3.24. The smallest absolute Gasteiger partial charge is 0.233 e. The van der Waals surface area contributed by atoms with Crippen molar-refractivity contribution in [2.45, 2.75) is 63.4 Å². The van der Waals surface area contributed by atoms with Gasteiger partial charge in [0.2, 0.25) is 5.91 Å². The number of likely N-dealkylation sites (tertiary alicyclic amines) is 1. The molecule has 4 nitrogen and oxygen atoms in total. The molecule has 0 bridgehead atoms. The summed E-state index contributed by atoms with van der Waals surface area (Å²) in [5.41, 5.74) is 4.11. The third-order valence-corrected chi connectivity index (χ3v) is 5.99. The van der Waals surface area contributed by atoms with Gasteiger partial charge in [0, 0.05) is 18.3 Å². The summed E-state index contributed by atoms with van der Waals surface area (Å²) in [5.74, 6) is 0.551. The summed E-state index contributed by atoms with van der Waals surface area (Å²) >= 11 is 1.43. The number of fused-ring (bicyclic) bond motifs is 1. The van der Waals surface area contributed by atoms with Crippen molar-refractivity contribution in [2.75, 3.05) is 12.3 Å². The molecule has 1 aliphatic heterocycles. The van der Waals surface area contributed by atoms with E-state index < -0.39 is 0 Å². The van der Waals surface area contributed by atoms with Gasteiger partial charge in [0.15, 0.2) is 0 Å². The zero-order valence-electron chi connectivity index (χ0n) is 13.9. The van der Waals surface area contributed by atoms with Crippen LogP contribution in [0.2, 0.25) is 0 Å². The van der Waals surface area contributed by atoms with Crippen molar-refractivity contribution >= 4 is 17.7 Å². The molecule has 1 aromatic rings. The molecular weight excluding hydrogens is 306 g/mol. The monoisotopic (exact) mass is 329 g/mol. The first kappa shape index (κ1) is 16.3. The van der Waals surface area contributed by atoms with Crippen molar-refractivity contribution in [3.05, 3.63) is 22.4 Å². The number of piperidine rings is 1. The number of hydrogen-bond acceptors (Lipinski definition) is 4. The average Bonchev–Trinajstić information content (AvgIpc) is 3.02. The van der Waals surface area contributed by atoms with Crippen molar-refractivity contribution < 1.29 is 4.79 Å². The maximum absolute atomic E-state index is 12.5. The second-order valence-electron chi connectivity index (χ2n) is 6.53. The summed E-state index contributed by atoms with van der Waals surface area (Å²) in [4.78, 5) is 19.2. The van der Waals surface area contributed by atoms with Crippen LogP contribution in [-0.2, 0) is 17.6 Å². The Labute approximate surface area is 142 Å². The van der Waals surface area contributed by atoms with Gasteiger partial charge in [0.05, 0.1) is 11.3 Å². The molecule has 0 aromatic carbocycles. The highest BCUT2D eigenvalue weighted by Gasteiger charge is 2.25. The second-order valence-corrected chi connectivity index (χ2v) is 7.49. The lowest BCUT2D eigenvalue weighted by Gasteiger charge is -2.33. The largest absolute Gasteiger partial charge is 0.339 e. The lowest BCUT2D eigenvalue weighted by Crippen LogP contribution is -2.42. The number of nitriles is 1. The summed E-state index contributed by atoms with van der Waals surface area (Å²) in [6.45, 7) is 5.01. The van der Waals surface area contributed by atoms with E-state index in [2.05, 4.69) is 13.0 Å². The van der Waals surface area contributed by atoms with Gasteiger partial charge in [-0.2, -0.15) is 5.26 Å². The van der Waals surface area contributed by atoms with E-state index in [9.17, 15) is 10.1 Å². The van der Waals surface area contributed by atoms with Crippen LogP contribution in [0.4, 0.5) is 0 Å². The summed E-state index contributed by atoms with van der Waals surface area (Å²) in [6, 6.07) is 2.63. The van der Waals surface area contributed by atoms with Crippen LogP contribution in [0.1, 0.15) is 55.0 Å². The van der Waals surface area contributed by atoms with Gasteiger partial charge in [-0.25, -0.2) is 4.98 Å². The number of carbonyl (C=O) groups excluding carboxylic acids is 1. The van der Waals surface area contributed by atoms with Crippen molar-refractivity contribution in [3.63, 3.8) is 0 Å². The molecule has 1 aromatic heterocycles. The summed E-state index contributed by atoms with van der Waals surface area (Å²) < 4.78 is 0. The minimum Gasteiger partial charge on any atom is -0.339 e. The highest BCUT2D eigenvalue weighted by molar-refractivity contribution is 8.00. The summed E-state index contributed by atoms with van der Waals surface area (Å²) in [6.07, 6.45) is 6.54. The van der Waals surface area contributed by atoms with Gasteiger partial charge in [-0.3, -0.25) is 4.79 Å². The number of thioether (sulfide) groups is 1. The molecule has 23 heavy (non-hydrogen) atoms. The second kappa shape index (κ2) is 6.92. The molecule has 122 valence electrons. The van der Waals surface area contributed by atoms with Crippen molar-refractivity contribution in [3.8, 4) is 6.07 Å². The molecule has 3 rings (SSSR count). The van der Waals surface area contributed by atoms with E-state index >= 15 is 0 Å². The van der Waals surface area contributed by atoms with Crippen LogP contribution in [-0.4, -0.2) is 34.1 Å². The van der Waals surface area contributed by atoms with Crippen LogP contribution in [0.25, 0.3) is 0 Å². The van der Waals surface area contributed by atoms with E-state index in [-0.39, 0.29) is 5.91 Å². The Hall–Kier alpha value is -1.54. The van der Waals surface area contributed by atoms with E-state index in [1.54, 1.807) is 0 Å². The predicted molar refractivity (Wildman–Crippen MR) is 91.5 cm³/mol. The molecule has 1 saturated heterocycles. The van der Waals surface area contributed by atoms with E-state index in [0.717, 1.165) is 54.9 Å². The van der Waals surface area contributed by atoms with Crippen LogP contribution in [0.15, 0.2) is 5.03 Å². The van der Waals surface area contributed by atoms with Gasteiger partial charge >= 0.3 is 0 Å². The van der Waals surface area contributed by atoms with Crippen molar-refractivity contribution in [2.24, 2.45) is 0 Å². The normalized spacial score (nSPS) is 20.2. The van der Waals surface area contributed by atoms with Crippen molar-refractivity contribution in [1.29, 1.82) is 5.26 Å². The van der Waals surface area contributed by atoms with E-state index in [4.69, 9.17) is 4.98 Å². The molecule has 1 unspecified atom stereocenters. The lowest BCUT2D eigenvalue weighted by atomic mass is 10.0. The maximum Gasteiger partial charge on any atom is 0.233 e. The maximum atomic E-state index is 12.5. The molecule has 1 atom stereocenters. The van der Waals surface area contributed by atoms with Gasteiger partial charge in [-0.1, -0.05) is 11.8 Å². The number of rotatable bonds is 3. The van der Waals surface area contributed by atoms with Gasteiger partial charge in [0.1, 0.15) is 11.1 Å². The molecule has 2 heterocycles. The van der Waals surface area contributed by atoms with E-state index in [1.807, 2.05) is 11.8 Å². The molecule has 1 fully saturated rings. The molecule has 1 aliphatic carbocycles. The SMILES string of the molecule is Cc1c(C#N)c(SCC(=O)N2CCCCC2C)nc2c1CCC2. The standard InChI is InChI=1S/C18H23N3OS/c1-12-6-3-4-9-21(12)17(22)11-23-18-15(10-19)13(2)14-7-5-8-16(14)20-18/h12H,3-9,11H2,1-2H3. The number of hydrogen-bond donors (Lipinski definition) is 0. The summed E-state index contributed by atoms with van der Waals surface area (Å²) in [5, 5.41) is 10.2. The molecule has 5 heteroatoms. The van der Waals surface area contributed by atoms with Crippen molar-refractivity contribution in [1.82, 2.24) is 9.88 Å². The van der Waals surface area contributed by atoms with E-state index in [1.165, 1.54) is 23.7 Å². The Morgan fingerprint density at radius 2 is 2.22 bits per heavy atom. The fourth-order valence-corrected chi connectivity index (χ4v) is 4.61. The van der Waals surface area contributed by atoms with Crippen LogP contribution in [0, 0.1) is 18.3 Å². The van der Waals surface area contributed by atoms with E-state index in [0.29, 0.717) is 17.4 Å². The number of amides is 1. The number of nitrogens with zero attached hydrogens (tertiary/aromatic N) is 3. The quantitative estimate of drug-likeness (QED) is 0.799. The lowest BCUT2D eigenvalue weighted by molar-refractivity contribution is -0.131. The fraction of sp³-hybridized carbons (Fsp3) is 0.611. The minimum absolute atomic E-state index is 0.172. The Balaban J connectivity index is 1.74. The van der Waals surface area contributed by atoms with Gasteiger partial charge in [0.25, 0.3) is 0 Å². The number of carbonyl (C=O) groups is 1. The highest BCUT2D eigenvalue weighted by Crippen LogP contribution is 2.32. The minimum atomic E-state index is 0.172. The first-order valence-corrected chi connectivity index (χ1v) is 9.45. The summed E-state index contributed by atoms with van der Waals surface area (Å²) in [7, 11) is 0. The van der Waals surface area contributed by atoms with Crippen LogP contribution >= 0.6 is 11.8 Å². The third kappa shape index (κ3) is 3.23. The fourth-order valence-electron chi connectivity index (χ4n) is 3.66. The molecule has 1 amide bonds. The molecule has 0 saturated carbocycles. The Kier molecular flexibility index (Phi) is 4.91. The Morgan fingerprint density at radius 3 is 2.96 bits per heavy atom. The van der Waals surface area contributed by atoms with Crippen LogP contribution < -0.4 is 0 Å². The van der Waals surface area contributed by atoms with Gasteiger partial charge in [-0.05, 0) is 63.5 Å². The van der Waals surface area contributed by atoms with Gasteiger partial charge in [-0.15, -0.1) is 0 Å². The number of aryl methyl sites for hydroxylation is 1. The van der Waals surface area contributed by atoms with Gasteiger partial charge < -0.3 is 4.90 Å². The number of aromatic nitrogens is 1. The molecule has 0 spiro atoms. The zero-order chi connectivity index (χ0) is 16.4. The Bertz CT molecular complexity index is 665. The van der Waals surface area contributed by atoms with Crippen LogP contribution in [0.3, 0.4) is 0 Å². The average molecular weight is 329 g/mol. The molecule has 0 N–H and O–H groups in total. The zero-order valence-corrected chi connectivity index (χ0v) is 14.7. The molecule has 2 aliphatic rings. The first-order valence-electron chi connectivity index (χ1n) is 8.46. The van der Waals surface area contributed by atoms with Crippen LogP contribution in [0.5, 0.6) is 0 Å². The third-order valence-electron chi connectivity index (χ3n) is 5.03. The topological polar surface area (TPSA) is 57.0 Å². The first-order chi connectivity index (χ1) is 11.1. The number of pyridine rings is 1. The Morgan fingerprint density at radius 1 is 1.39 bits per heavy atom. The molecule has 0 radical (unpaired) electrons.